The molecule has 0 saturated heterocycles. The number of carbonyl (C=O) groups is 1. The van der Waals surface area contributed by atoms with Gasteiger partial charge in [-0.3, -0.25) is 4.79 Å². The van der Waals surface area contributed by atoms with Gasteiger partial charge in [0.1, 0.15) is 12.4 Å². The van der Waals surface area contributed by atoms with Crippen LogP contribution in [0.15, 0.2) is 30.3 Å². The lowest BCUT2D eigenvalue weighted by Gasteiger charge is -2.23. The maximum Gasteiger partial charge on any atom is 0.227 e. The molecule has 0 N–H and O–H groups in total. The van der Waals surface area contributed by atoms with Gasteiger partial charge in [0.2, 0.25) is 5.91 Å². The van der Waals surface area contributed by atoms with E-state index in [0.717, 1.165) is 43.6 Å². The second-order valence-corrected chi connectivity index (χ2v) is 8.68. The number of amides is 1. The molecular weight excluding hydrogens is 451 g/mol. The summed E-state index contributed by atoms with van der Waals surface area (Å²) >= 11 is 11.9. The summed E-state index contributed by atoms with van der Waals surface area (Å²) in [7, 11) is 5.29. The fourth-order valence-electron chi connectivity index (χ4n) is 3.78. The van der Waals surface area contributed by atoms with Gasteiger partial charge < -0.3 is 24.0 Å². The van der Waals surface area contributed by atoms with E-state index in [0.29, 0.717) is 46.9 Å². The summed E-state index contributed by atoms with van der Waals surface area (Å²) in [5.74, 6) is 2.23. The van der Waals surface area contributed by atoms with Crippen LogP contribution in [0.2, 0.25) is 10.0 Å². The molecule has 3 rings (SSSR count). The van der Waals surface area contributed by atoms with Crippen molar-refractivity contribution in [3.63, 3.8) is 0 Å². The highest BCUT2D eigenvalue weighted by Crippen LogP contribution is 2.32. The third-order valence-corrected chi connectivity index (χ3v) is 6.39. The second kappa shape index (κ2) is 11.6. The molecule has 0 radical (unpaired) electrons. The van der Waals surface area contributed by atoms with Gasteiger partial charge in [-0.25, -0.2) is 0 Å². The lowest BCUT2D eigenvalue weighted by molar-refractivity contribution is -0.130. The molecule has 32 heavy (non-hydrogen) atoms. The first kappa shape index (κ1) is 24.5. The topological polar surface area (TPSA) is 51.2 Å². The third-order valence-electron chi connectivity index (χ3n) is 5.65. The molecule has 0 aliphatic carbocycles. The highest BCUT2D eigenvalue weighted by atomic mass is 35.5. The standard InChI is InChI=1S/C24H30Cl2N2O4/c1-27(11-12-32-19-5-6-20(25)21(26)16-19)8-4-9-28-10-7-17-13-22(30-2)23(31-3)14-18(17)15-24(28)29/h5-6,13-14,16H,4,7-12,15H2,1-3H3. The molecular formula is C24H30Cl2N2O4. The zero-order valence-electron chi connectivity index (χ0n) is 18.8. The molecule has 0 fully saturated rings. The lowest BCUT2D eigenvalue weighted by atomic mass is 10.0. The van der Waals surface area contributed by atoms with Gasteiger partial charge in [-0.2, -0.15) is 0 Å². The number of likely N-dealkylation sites (N-methyl/N-ethyl adjacent to an activating group) is 1. The van der Waals surface area contributed by atoms with Crippen molar-refractivity contribution in [2.24, 2.45) is 0 Å². The van der Waals surface area contributed by atoms with E-state index in [-0.39, 0.29) is 5.91 Å². The molecule has 2 aromatic carbocycles. The number of carbonyl (C=O) groups excluding carboxylic acids is 1. The van der Waals surface area contributed by atoms with Crippen molar-refractivity contribution in [1.29, 1.82) is 0 Å². The van der Waals surface area contributed by atoms with Crippen molar-refractivity contribution < 1.29 is 19.0 Å². The Morgan fingerprint density at radius 2 is 1.72 bits per heavy atom. The average Bonchev–Trinajstić information content (AvgIpc) is 2.93. The van der Waals surface area contributed by atoms with E-state index in [4.69, 9.17) is 37.4 Å². The van der Waals surface area contributed by atoms with Gasteiger partial charge in [-0.1, -0.05) is 23.2 Å². The number of hydrogen-bond acceptors (Lipinski definition) is 5. The van der Waals surface area contributed by atoms with Gasteiger partial charge in [0.25, 0.3) is 0 Å². The van der Waals surface area contributed by atoms with Crippen molar-refractivity contribution in [1.82, 2.24) is 9.80 Å². The Balaban J connectivity index is 1.43. The number of benzene rings is 2. The molecule has 8 heteroatoms. The molecule has 0 aromatic heterocycles. The number of rotatable bonds is 10. The molecule has 1 aliphatic heterocycles. The molecule has 0 bridgehead atoms. The van der Waals surface area contributed by atoms with Gasteiger partial charge in [-0.05, 0) is 61.8 Å². The SMILES string of the molecule is COc1cc2c(cc1OC)CC(=O)N(CCCN(C)CCOc1ccc(Cl)c(Cl)c1)CC2. The molecule has 1 aliphatic rings. The Hall–Kier alpha value is -2.15. The summed E-state index contributed by atoms with van der Waals surface area (Å²) < 4.78 is 16.5. The number of ether oxygens (including phenoxy) is 3. The van der Waals surface area contributed by atoms with Crippen LogP contribution in [0, 0.1) is 0 Å². The van der Waals surface area contributed by atoms with Crippen LogP contribution in [0.1, 0.15) is 17.5 Å². The monoisotopic (exact) mass is 480 g/mol. The Labute approximate surface area is 199 Å². The Morgan fingerprint density at radius 1 is 1.00 bits per heavy atom. The molecule has 0 atom stereocenters. The van der Waals surface area contributed by atoms with Gasteiger partial charge >= 0.3 is 0 Å². The molecule has 2 aromatic rings. The number of halogens is 2. The van der Waals surface area contributed by atoms with E-state index in [9.17, 15) is 4.79 Å². The Morgan fingerprint density at radius 3 is 2.41 bits per heavy atom. The van der Waals surface area contributed by atoms with E-state index < -0.39 is 0 Å². The van der Waals surface area contributed by atoms with Gasteiger partial charge in [-0.15, -0.1) is 0 Å². The second-order valence-electron chi connectivity index (χ2n) is 7.86. The van der Waals surface area contributed by atoms with Crippen LogP contribution in [0.4, 0.5) is 0 Å². The van der Waals surface area contributed by atoms with Crippen LogP contribution >= 0.6 is 23.2 Å². The van der Waals surface area contributed by atoms with E-state index in [2.05, 4.69) is 11.9 Å². The number of nitrogens with zero attached hydrogens (tertiary/aromatic N) is 2. The molecule has 0 spiro atoms. The normalized spacial score (nSPS) is 13.7. The maximum atomic E-state index is 12.8. The lowest BCUT2D eigenvalue weighted by Crippen LogP contribution is -2.35. The van der Waals surface area contributed by atoms with E-state index in [1.165, 1.54) is 0 Å². The van der Waals surface area contributed by atoms with E-state index >= 15 is 0 Å². The summed E-state index contributed by atoms with van der Waals surface area (Å²) in [6.45, 7) is 3.66. The quantitative estimate of drug-likeness (QED) is 0.506. The zero-order chi connectivity index (χ0) is 23.1. The van der Waals surface area contributed by atoms with Crippen LogP contribution in [0.3, 0.4) is 0 Å². The van der Waals surface area contributed by atoms with Crippen LogP contribution in [-0.2, 0) is 17.6 Å². The maximum absolute atomic E-state index is 12.8. The fourth-order valence-corrected chi connectivity index (χ4v) is 4.07. The first-order valence-electron chi connectivity index (χ1n) is 10.7. The molecule has 1 amide bonds. The number of hydrogen-bond donors (Lipinski definition) is 0. The van der Waals surface area contributed by atoms with Gasteiger partial charge in [0, 0.05) is 25.7 Å². The molecule has 0 saturated carbocycles. The van der Waals surface area contributed by atoms with Crippen LogP contribution in [0.25, 0.3) is 0 Å². The van der Waals surface area contributed by atoms with E-state index in [1.54, 1.807) is 26.4 Å². The van der Waals surface area contributed by atoms with E-state index in [1.807, 2.05) is 23.1 Å². The highest BCUT2D eigenvalue weighted by molar-refractivity contribution is 6.42. The summed E-state index contributed by atoms with van der Waals surface area (Å²) in [5.41, 5.74) is 2.17. The van der Waals surface area contributed by atoms with Gasteiger partial charge in [0.05, 0.1) is 30.7 Å². The molecule has 6 nitrogen and oxygen atoms in total. The first-order chi connectivity index (χ1) is 15.4. The van der Waals surface area contributed by atoms with Crippen LogP contribution in [-0.4, -0.2) is 69.8 Å². The predicted molar refractivity (Wildman–Crippen MR) is 128 cm³/mol. The van der Waals surface area contributed by atoms with Crippen molar-refractivity contribution in [3.05, 3.63) is 51.5 Å². The summed E-state index contributed by atoms with van der Waals surface area (Å²) in [6, 6.07) is 9.18. The highest BCUT2D eigenvalue weighted by Gasteiger charge is 2.22. The minimum atomic E-state index is 0.154. The number of fused-ring (bicyclic) bond motifs is 1. The van der Waals surface area contributed by atoms with Crippen LogP contribution < -0.4 is 14.2 Å². The predicted octanol–water partition coefficient (Wildman–Crippen LogP) is 4.34. The molecule has 1 heterocycles. The zero-order valence-corrected chi connectivity index (χ0v) is 20.3. The average molecular weight is 481 g/mol. The molecule has 0 unspecified atom stereocenters. The van der Waals surface area contributed by atoms with Crippen molar-refractivity contribution in [3.8, 4) is 17.2 Å². The summed E-state index contributed by atoms with van der Waals surface area (Å²) in [5, 5.41) is 0.999. The van der Waals surface area contributed by atoms with Crippen molar-refractivity contribution in [2.45, 2.75) is 19.3 Å². The largest absolute Gasteiger partial charge is 0.493 e. The van der Waals surface area contributed by atoms with Crippen LogP contribution in [0.5, 0.6) is 17.2 Å². The Kier molecular flexibility index (Phi) is 8.91. The van der Waals surface area contributed by atoms with Crippen molar-refractivity contribution in [2.75, 3.05) is 54.1 Å². The summed E-state index contributed by atoms with van der Waals surface area (Å²) in [6.07, 6.45) is 2.11. The number of methoxy groups -OCH3 is 2. The summed E-state index contributed by atoms with van der Waals surface area (Å²) in [4.78, 5) is 16.9. The first-order valence-corrected chi connectivity index (χ1v) is 11.4. The fraction of sp³-hybridized carbons (Fsp3) is 0.458. The minimum Gasteiger partial charge on any atom is -0.493 e. The van der Waals surface area contributed by atoms with Gasteiger partial charge in [0.15, 0.2) is 11.5 Å². The minimum absolute atomic E-state index is 0.154. The van der Waals surface area contributed by atoms with Crippen molar-refractivity contribution >= 4 is 29.1 Å². The Bertz CT molecular complexity index is 938. The third kappa shape index (κ3) is 6.44. The molecule has 174 valence electrons. The smallest absolute Gasteiger partial charge is 0.227 e.